The Morgan fingerprint density at radius 2 is 1.85 bits per heavy atom. The van der Waals surface area contributed by atoms with Crippen LogP contribution in [0, 0.1) is 0 Å². The Balaban J connectivity index is 2.07. The van der Waals surface area contributed by atoms with Crippen molar-refractivity contribution in [3.63, 3.8) is 0 Å². The highest BCUT2D eigenvalue weighted by Gasteiger charge is 2.27. The van der Waals surface area contributed by atoms with Crippen molar-refractivity contribution in [1.29, 1.82) is 0 Å². The molecule has 0 unspecified atom stereocenters. The minimum absolute atomic E-state index is 0.0492. The number of rotatable bonds is 5. The maximum atomic E-state index is 12.5. The molecule has 1 atom stereocenters. The first kappa shape index (κ1) is 14.6. The van der Waals surface area contributed by atoms with E-state index in [9.17, 15) is 9.59 Å². The van der Waals surface area contributed by atoms with Crippen molar-refractivity contribution >= 4 is 11.8 Å². The van der Waals surface area contributed by atoms with E-state index in [4.69, 9.17) is 0 Å². The van der Waals surface area contributed by atoms with E-state index < -0.39 is 6.04 Å². The number of likely N-dealkylation sites (tertiary alicyclic amines) is 1. The summed E-state index contributed by atoms with van der Waals surface area (Å²) in [5.74, 6) is -0.0216. The summed E-state index contributed by atoms with van der Waals surface area (Å²) in [6, 6.07) is 9.39. The average molecular weight is 274 g/mol. The molecule has 0 radical (unpaired) electrons. The maximum absolute atomic E-state index is 12.5. The fraction of sp³-hybridized carbons (Fsp3) is 0.500. The highest BCUT2D eigenvalue weighted by atomic mass is 16.2. The largest absolute Gasteiger partial charge is 0.344 e. The SMILES string of the molecule is CCC(=O)N[C@@H](Cc1ccccc1)C(=O)N1CCCC1. The standard InChI is InChI=1S/C16H22N2O2/c1-2-15(19)17-14(12-13-8-4-3-5-9-13)16(20)18-10-6-7-11-18/h3-5,8-9,14H,2,6-7,10-12H2,1H3,(H,17,19)/t14-/m0/s1. The molecule has 1 heterocycles. The summed E-state index contributed by atoms with van der Waals surface area (Å²) in [5, 5.41) is 2.86. The number of amides is 2. The Morgan fingerprint density at radius 1 is 1.20 bits per heavy atom. The van der Waals surface area contributed by atoms with Gasteiger partial charge in [-0.1, -0.05) is 37.3 Å². The molecule has 4 heteroatoms. The topological polar surface area (TPSA) is 49.4 Å². The quantitative estimate of drug-likeness (QED) is 0.889. The lowest BCUT2D eigenvalue weighted by Crippen LogP contribution is -2.48. The van der Waals surface area contributed by atoms with Crippen molar-refractivity contribution in [3.05, 3.63) is 35.9 Å². The third kappa shape index (κ3) is 3.83. The van der Waals surface area contributed by atoms with Gasteiger partial charge in [-0.2, -0.15) is 0 Å². The molecule has 1 aliphatic heterocycles. The molecule has 2 rings (SSSR count). The van der Waals surface area contributed by atoms with E-state index in [1.165, 1.54) is 0 Å². The second-order valence-corrected chi connectivity index (χ2v) is 5.20. The van der Waals surface area contributed by atoms with E-state index in [0.717, 1.165) is 31.5 Å². The maximum Gasteiger partial charge on any atom is 0.245 e. The van der Waals surface area contributed by atoms with Crippen LogP contribution in [0.15, 0.2) is 30.3 Å². The second kappa shape index (κ2) is 7.08. The molecule has 0 spiro atoms. The first-order chi connectivity index (χ1) is 9.70. The van der Waals surface area contributed by atoms with E-state index in [1.807, 2.05) is 35.2 Å². The molecule has 2 amide bonds. The van der Waals surface area contributed by atoms with Crippen LogP contribution in [-0.2, 0) is 16.0 Å². The number of nitrogens with zero attached hydrogens (tertiary/aromatic N) is 1. The smallest absolute Gasteiger partial charge is 0.245 e. The number of nitrogens with one attached hydrogen (secondary N) is 1. The lowest BCUT2D eigenvalue weighted by Gasteiger charge is -2.24. The molecule has 1 N–H and O–H groups in total. The van der Waals surface area contributed by atoms with E-state index in [0.29, 0.717) is 12.8 Å². The van der Waals surface area contributed by atoms with Crippen LogP contribution in [-0.4, -0.2) is 35.8 Å². The Bertz CT molecular complexity index is 453. The fourth-order valence-corrected chi connectivity index (χ4v) is 2.50. The van der Waals surface area contributed by atoms with Gasteiger partial charge in [-0.25, -0.2) is 0 Å². The van der Waals surface area contributed by atoms with Crippen LogP contribution in [0.1, 0.15) is 31.7 Å². The van der Waals surface area contributed by atoms with Crippen LogP contribution in [0.3, 0.4) is 0 Å². The molecule has 0 aliphatic carbocycles. The zero-order chi connectivity index (χ0) is 14.4. The predicted molar refractivity (Wildman–Crippen MR) is 78.2 cm³/mol. The van der Waals surface area contributed by atoms with E-state index in [2.05, 4.69) is 5.32 Å². The Morgan fingerprint density at radius 3 is 2.45 bits per heavy atom. The molecule has 0 bridgehead atoms. The zero-order valence-corrected chi connectivity index (χ0v) is 12.0. The van der Waals surface area contributed by atoms with Crippen LogP contribution in [0.25, 0.3) is 0 Å². The Kier molecular flexibility index (Phi) is 5.16. The average Bonchev–Trinajstić information content (AvgIpc) is 3.01. The van der Waals surface area contributed by atoms with Crippen molar-refractivity contribution in [2.75, 3.05) is 13.1 Å². The molecule has 1 aromatic carbocycles. The van der Waals surface area contributed by atoms with Crippen LogP contribution in [0.5, 0.6) is 0 Å². The van der Waals surface area contributed by atoms with Gasteiger partial charge in [0.2, 0.25) is 11.8 Å². The first-order valence-corrected chi connectivity index (χ1v) is 7.32. The van der Waals surface area contributed by atoms with Gasteiger partial charge in [-0.3, -0.25) is 9.59 Å². The Labute approximate surface area is 120 Å². The summed E-state index contributed by atoms with van der Waals surface area (Å²) in [4.78, 5) is 26.0. The molecule has 108 valence electrons. The first-order valence-electron chi connectivity index (χ1n) is 7.32. The number of hydrogen-bond donors (Lipinski definition) is 1. The molecule has 1 fully saturated rings. The van der Waals surface area contributed by atoms with Gasteiger partial charge in [-0.15, -0.1) is 0 Å². The van der Waals surface area contributed by atoms with E-state index >= 15 is 0 Å². The van der Waals surface area contributed by atoms with Crippen molar-refractivity contribution in [1.82, 2.24) is 10.2 Å². The van der Waals surface area contributed by atoms with Gasteiger partial charge in [0.1, 0.15) is 6.04 Å². The van der Waals surface area contributed by atoms with Gasteiger partial charge >= 0.3 is 0 Å². The normalized spacial score (nSPS) is 15.9. The number of carbonyl (C=O) groups excluding carboxylic acids is 2. The molecule has 1 aromatic rings. The van der Waals surface area contributed by atoms with Crippen LogP contribution >= 0.6 is 0 Å². The van der Waals surface area contributed by atoms with Crippen LogP contribution in [0.4, 0.5) is 0 Å². The number of benzene rings is 1. The molecule has 0 aromatic heterocycles. The molecule has 4 nitrogen and oxygen atoms in total. The summed E-state index contributed by atoms with van der Waals surface area (Å²) >= 11 is 0. The van der Waals surface area contributed by atoms with Gasteiger partial charge < -0.3 is 10.2 Å². The van der Waals surface area contributed by atoms with Gasteiger partial charge in [0.15, 0.2) is 0 Å². The van der Waals surface area contributed by atoms with Crippen LogP contribution in [0.2, 0.25) is 0 Å². The monoisotopic (exact) mass is 274 g/mol. The Hall–Kier alpha value is -1.84. The van der Waals surface area contributed by atoms with Crippen molar-refractivity contribution in [2.45, 2.75) is 38.6 Å². The van der Waals surface area contributed by atoms with Crippen molar-refractivity contribution in [2.24, 2.45) is 0 Å². The third-order valence-corrected chi connectivity index (χ3v) is 3.65. The molecule has 1 aliphatic rings. The predicted octanol–water partition coefficient (Wildman–Crippen LogP) is 1.75. The summed E-state index contributed by atoms with van der Waals surface area (Å²) in [6.45, 7) is 3.42. The molecular weight excluding hydrogens is 252 g/mol. The van der Waals surface area contributed by atoms with Gasteiger partial charge in [0.05, 0.1) is 0 Å². The summed E-state index contributed by atoms with van der Waals surface area (Å²) in [5.41, 5.74) is 1.07. The van der Waals surface area contributed by atoms with Crippen molar-refractivity contribution < 1.29 is 9.59 Å². The summed E-state index contributed by atoms with van der Waals surface area (Å²) in [7, 11) is 0. The fourth-order valence-electron chi connectivity index (χ4n) is 2.50. The van der Waals surface area contributed by atoms with Crippen LogP contribution < -0.4 is 5.32 Å². The summed E-state index contributed by atoms with van der Waals surface area (Å²) in [6.07, 6.45) is 3.08. The van der Waals surface area contributed by atoms with E-state index in [-0.39, 0.29) is 11.8 Å². The molecule has 0 saturated carbocycles. The summed E-state index contributed by atoms with van der Waals surface area (Å²) < 4.78 is 0. The van der Waals surface area contributed by atoms with Crippen molar-refractivity contribution in [3.8, 4) is 0 Å². The lowest BCUT2D eigenvalue weighted by atomic mass is 10.0. The number of carbonyl (C=O) groups is 2. The minimum Gasteiger partial charge on any atom is -0.344 e. The second-order valence-electron chi connectivity index (χ2n) is 5.20. The number of hydrogen-bond acceptors (Lipinski definition) is 2. The highest BCUT2D eigenvalue weighted by molar-refractivity contribution is 5.88. The highest BCUT2D eigenvalue weighted by Crippen LogP contribution is 2.12. The molecule has 20 heavy (non-hydrogen) atoms. The van der Waals surface area contributed by atoms with Gasteiger partial charge in [-0.05, 0) is 18.4 Å². The van der Waals surface area contributed by atoms with Gasteiger partial charge in [0, 0.05) is 25.9 Å². The minimum atomic E-state index is -0.442. The van der Waals surface area contributed by atoms with Gasteiger partial charge in [0.25, 0.3) is 0 Å². The molecular formula is C16H22N2O2. The molecule has 1 saturated heterocycles. The lowest BCUT2D eigenvalue weighted by molar-refractivity contribution is -0.135. The third-order valence-electron chi connectivity index (χ3n) is 3.65. The zero-order valence-electron chi connectivity index (χ0n) is 12.0. The van der Waals surface area contributed by atoms with E-state index in [1.54, 1.807) is 6.92 Å².